The maximum atomic E-state index is 10.1. The van der Waals surface area contributed by atoms with Gasteiger partial charge in [0.1, 0.15) is 0 Å². The van der Waals surface area contributed by atoms with Crippen molar-refractivity contribution in [1.82, 2.24) is 14.7 Å². The molecule has 2 N–H and O–H groups in total. The van der Waals surface area contributed by atoms with Crippen LogP contribution in [0, 0.1) is 0 Å². The molecule has 1 saturated heterocycles. The highest BCUT2D eigenvalue weighted by molar-refractivity contribution is 7.15. The maximum Gasteiger partial charge on any atom is 0.193 e. The molecular formula is C11H15N3OS. The Morgan fingerprint density at radius 1 is 1.69 bits per heavy atom. The smallest absolute Gasteiger partial charge is 0.193 e. The molecule has 0 aromatic carbocycles. The number of aliphatic hydroxyl groups excluding tert-OH is 1. The van der Waals surface area contributed by atoms with E-state index in [1.807, 2.05) is 22.2 Å². The van der Waals surface area contributed by atoms with E-state index in [1.54, 1.807) is 11.3 Å². The average Bonchev–Trinajstić information content (AvgIpc) is 2.91. The molecule has 0 radical (unpaired) electrons. The van der Waals surface area contributed by atoms with Crippen molar-refractivity contribution < 1.29 is 5.11 Å². The Kier molecular flexibility index (Phi) is 2.67. The summed E-state index contributed by atoms with van der Waals surface area (Å²) in [7, 11) is 0. The van der Waals surface area contributed by atoms with Crippen LogP contribution < -0.4 is 5.32 Å². The summed E-state index contributed by atoms with van der Waals surface area (Å²) in [5, 5.41) is 15.4. The molecule has 0 spiro atoms. The van der Waals surface area contributed by atoms with Crippen molar-refractivity contribution >= 4 is 16.3 Å². The Labute approximate surface area is 97.9 Å². The van der Waals surface area contributed by atoms with Crippen LogP contribution in [0.1, 0.15) is 18.5 Å². The molecule has 86 valence electrons. The fraction of sp³-hybridized carbons (Fsp3) is 0.545. The van der Waals surface area contributed by atoms with E-state index < -0.39 is 0 Å². The van der Waals surface area contributed by atoms with Crippen molar-refractivity contribution in [2.45, 2.75) is 31.4 Å². The number of hydrogen-bond donors (Lipinski definition) is 2. The largest absolute Gasteiger partial charge is 0.391 e. The van der Waals surface area contributed by atoms with Crippen LogP contribution in [0.2, 0.25) is 0 Å². The van der Waals surface area contributed by atoms with Crippen LogP contribution in [-0.2, 0) is 6.42 Å². The summed E-state index contributed by atoms with van der Waals surface area (Å²) in [6.07, 6.45) is 6.57. The quantitative estimate of drug-likeness (QED) is 0.839. The minimum atomic E-state index is -0.313. The Morgan fingerprint density at radius 2 is 2.62 bits per heavy atom. The third kappa shape index (κ3) is 1.86. The van der Waals surface area contributed by atoms with Gasteiger partial charge in [0, 0.05) is 30.2 Å². The zero-order valence-corrected chi connectivity index (χ0v) is 9.78. The molecule has 3 heterocycles. The number of aromatic nitrogens is 2. The van der Waals surface area contributed by atoms with Gasteiger partial charge in [0.15, 0.2) is 4.96 Å². The van der Waals surface area contributed by atoms with Gasteiger partial charge in [-0.15, -0.1) is 11.3 Å². The highest BCUT2D eigenvalue weighted by Crippen LogP contribution is 2.16. The van der Waals surface area contributed by atoms with Crippen LogP contribution in [0.5, 0.6) is 0 Å². The molecule has 16 heavy (non-hydrogen) atoms. The highest BCUT2D eigenvalue weighted by Gasteiger charge is 2.23. The van der Waals surface area contributed by atoms with Crippen LogP contribution >= 0.6 is 11.3 Å². The van der Waals surface area contributed by atoms with Crippen molar-refractivity contribution in [2.24, 2.45) is 0 Å². The molecule has 1 aliphatic heterocycles. The number of fused-ring (bicyclic) bond motifs is 1. The van der Waals surface area contributed by atoms with E-state index in [1.165, 1.54) is 6.42 Å². The lowest BCUT2D eigenvalue weighted by Crippen LogP contribution is -2.36. The number of aliphatic hydroxyl groups is 1. The first-order valence-corrected chi connectivity index (χ1v) is 6.53. The molecule has 1 fully saturated rings. The Bertz CT molecular complexity index is 444. The molecular weight excluding hydrogens is 222 g/mol. The number of rotatable bonds is 3. The second-order valence-corrected chi connectivity index (χ2v) is 5.17. The minimum Gasteiger partial charge on any atom is -0.391 e. The second-order valence-electron chi connectivity index (χ2n) is 4.30. The van der Waals surface area contributed by atoms with Gasteiger partial charge < -0.3 is 10.4 Å². The van der Waals surface area contributed by atoms with Crippen LogP contribution in [0.4, 0.5) is 0 Å². The fourth-order valence-electron chi connectivity index (χ4n) is 2.27. The number of thiazole rings is 1. The molecule has 0 amide bonds. The van der Waals surface area contributed by atoms with Gasteiger partial charge in [0.25, 0.3) is 0 Å². The predicted molar refractivity (Wildman–Crippen MR) is 63.8 cm³/mol. The van der Waals surface area contributed by atoms with Crippen LogP contribution in [-0.4, -0.2) is 33.2 Å². The first kappa shape index (κ1) is 10.3. The molecule has 1 aliphatic rings. The van der Waals surface area contributed by atoms with Gasteiger partial charge in [0.2, 0.25) is 0 Å². The summed E-state index contributed by atoms with van der Waals surface area (Å²) in [4.78, 5) is 5.48. The number of imidazole rings is 1. The highest BCUT2D eigenvalue weighted by atomic mass is 32.1. The van der Waals surface area contributed by atoms with Crippen LogP contribution in [0.25, 0.3) is 4.96 Å². The van der Waals surface area contributed by atoms with Crippen molar-refractivity contribution in [3.63, 3.8) is 0 Å². The molecule has 2 aromatic rings. The van der Waals surface area contributed by atoms with E-state index in [-0.39, 0.29) is 12.1 Å². The Morgan fingerprint density at radius 3 is 3.38 bits per heavy atom. The molecule has 4 nitrogen and oxygen atoms in total. The van der Waals surface area contributed by atoms with Gasteiger partial charge in [0.05, 0.1) is 11.8 Å². The summed E-state index contributed by atoms with van der Waals surface area (Å²) in [6, 6.07) is 0.250. The summed E-state index contributed by atoms with van der Waals surface area (Å²) in [5.41, 5.74) is 0.980. The van der Waals surface area contributed by atoms with Crippen molar-refractivity contribution in [3.05, 3.63) is 23.5 Å². The van der Waals surface area contributed by atoms with Crippen molar-refractivity contribution in [2.75, 3.05) is 6.54 Å². The minimum absolute atomic E-state index is 0.250. The Hall–Kier alpha value is -0.910. The fourth-order valence-corrected chi connectivity index (χ4v) is 2.99. The van der Waals surface area contributed by atoms with E-state index in [0.29, 0.717) is 6.42 Å². The number of hydrogen-bond acceptors (Lipinski definition) is 4. The molecule has 0 bridgehead atoms. The van der Waals surface area contributed by atoms with E-state index in [2.05, 4.69) is 10.3 Å². The zero-order chi connectivity index (χ0) is 11.0. The van der Waals surface area contributed by atoms with Crippen molar-refractivity contribution in [1.29, 1.82) is 0 Å². The number of nitrogens with zero attached hydrogens (tertiary/aromatic N) is 2. The third-order valence-corrected chi connectivity index (χ3v) is 3.90. The van der Waals surface area contributed by atoms with Crippen LogP contribution in [0.15, 0.2) is 17.8 Å². The second kappa shape index (κ2) is 4.16. The van der Waals surface area contributed by atoms with Gasteiger partial charge in [-0.3, -0.25) is 4.40 Å². The van der Waals surface area contributed by atoms with Crippen molar-refractivity contribution in [3.8, 4) is 0 Å². The molecule has 0 saturated carbocycles. The monoisotopic (exact) mass is 237 g/mol. The Balaban J connectivity index is 1.71. The molecule has 2 unspecified atom stereocenters. The normalized spacial score (nSPS) is 22.9. The van der Waals surface area contributed by atoms with Gasteiger partial charge in [-0.05, 0) is 19.4 Å². The van der Waals surface area contributed by atoms with E-state index >= 15 is 0 Å². The zero-order valence-electron chi connectivity index (χ0n) is 8.97. The summed E-state index contributed by atoms with van der Waals surface area (Å²) < 4.78 is 2.01. The maximum absolute atomic E-state index is 10.1. The lowest BCUT2D eigenvalue weighted by atomic mass is 10.1. The van der Waals surface area contributed by atoms with Crippen LogP contribution in [0.3, 0.4) is 0 Å². The topological polar surface area (TPSA) is 49.6 Å². The predicted octanol–water partition coefficient (Wildman–Crippen LogP) is 1.05. The first-order chi connectivity index (χ1) is 7.83. The molecule has 3 rings (SSSR count). The summed E-state index contributed by atoms with van der Waals surface area (Å²) >= 11 is 1.62. The van der Waals surface area contributed by atoms with Gasteiger partial charge in [-0.2, -0.15) is 0 Å². The van der Waals surface area contributed by atoms with Gasteiger partial charge >= 0.3 is 0 Å². The third-order valence-electron chi connectivity index (χ3n) is 3.12. The molecule has 0 aliphatic carbocycles. The lowest BCUT2D eigenvalue weighted by molar-refractivity contribution is 0.135. The van der Waals surface area contributed by atoms with Gasteiger partial charge in [-0.25, -0.2) is 4.98 Å². The first-order valence-electron chi connectivity index (χ1n) is 5.65. The summed E-state index contributed by atoms with van der Waals surface area (Å²) in [5.74, 6) is 0. The standard InChI is InChI=1S/C11H15N3OS/c15-10(9-2-1-3-12-9)6-8-7-14-4-5-16-11(14)13-8/h4-5,7,9-10,12,15H,1-3,6H2. The lowest BCUT2D eigenvalue weighted by Gasteiger charge is -2.16. The SMILES string of the molecule is OC(Cc1cn2ccsc2n1)C1CCCN1. The average molecular weight is 237 g/mol. The van der Waals surface area contributed by atoms with E-state index in [0.717, 1.165) is 23.6 Å². The number of nitrogens with one attached hydrogen (secondary N) is 1. The molecule has 5 heteroatoms. The van der Waals surface area contributed by atoms with Gasteiger partial charge in [-0.1, -0.05) is 0 Å². The molecule has 2 atom stereocenters. The van der Waals surface area contributed by atoms with E-state index in [9.17, 15) is 5.11 Å². The van der Waals surface area contributed by atoms with E-state index in [4.69, 9.17) is 0 Å². The summed E-state index contributed by atoms with van der Waals surface area (Å²) in [6.45, 7) is 1.03. The molecule has 2 aromatic heterocycles.